The van der Waals surface area contributed by atoms with Crippen molar-refractivity contribution in [2.45, 2.75) is 44.4 Å². The molecule has 2 rings (SSSR count). The predicted molar refractivity (Wildman–Crippen MR) is 93.2 cm³/mol. The molecule has 0 bridgehead atoms. The Balaban J connectivity index is 2.01. The van der Waals surface area contributed by atoms with Crippen LogP contribution in [0.4, 0.5) is 0 Å². The molecule has 0 aliphatic carbocycles. The van der Waals surface area contributed by atoms with E-state index in [1.807, 2.05) is 0 Å². The van der Waals surface area contributed by atoms with E-state index in [0.29, 0.717) is 5.69 Å². The Bertz CT molecular complexity index is 691. The zero-order valence-electron chi connectivity index (χ0n) is 15.8. The molecular formula is C14H23BN3O9P. The van der Waals surface area contributed by atoms with E-state index in [4.69, 9.17) is 31.3 Å². The lowest BCUT2D eigenvalue weighted by Gasteiger charge is -2.24. The van der Waals surface area contributed by atoms with Gasteiger partial charge in [0, 0.05) is 20.2 Å². The van der Waals surface area contributed by atoms with Gasteiger partial charge in [-0.05, 0) is 6.92 Å². The van der Waals surface area contributed by atoms with Crippen molar-refractivity contribution in [3.8, 4) is 0 Å². The number of rotatable bonds is 11. The first-order chi connectivity index (χ1) is 13.3. The Kier molecular flexibility index (Phi) is 8.56. The molecular weight excluding hydrogens is 396 g/mol. The normalized spacial score (nSPS) is 26.9. The molecule has 5 atom stereocenters. The van der Waals surface area contributed by atoms with Gasteiger partial charge in [-0.25, -0.2) is 9.25 Å². The molecule has 1 aromatic heterocycles. The third-order valence-electron chi connectivity index (χ3n) is 3.77. The van der Waals surface area contributed by atoms with Crippen LogP contribution in [0.1, 0.15) is 12.6 Å². The van der Waals surface area contributed by atoms with Crippen molar-refractivity contribution >= 4 is 21.6 Å². The smallest absolute Gasteiger partial charge is 0.465 e. The summed E-state index contributed by atoms with van der Waals surface area (Å²) in [6, 6.07) is -0.934. The first kappa shape index (κ1) is 22.9. The molecule has 12 nitrogen and oxygen atoms in total. The number of esters is 1. The minimum atomic E-state index is -4.32. The van der Waals surface area contributed by atoms with E-state index in [1.165, 1.54) is 18.0 Å². The van der Waals surface area contributed by atoms with Crippen LogP contribution in [0.2, 0.25) is 0 Å². The van der Waals surface area contributed by atoms with Gasteiger partial charge in [-0.3, -0.25) is 13.8 Å². The summed E-state index contributed by atoms with van der Waals surface area (Å²) in [6.45, 7) is 1.90. The van der Waals surface area contributed by atoms with Crippen LogP contribution in [0.15, 0.2) is 6.20 Å². The molecule has 2 unspecified atom stereocenters. The van der Waals surface area contributed by atoms with Gasteiger partial charge in [0.2, 0.25) is 0 Å². The summed E-state index contributed by atoms with van der Waals surface area (Å²) in [5, 5.41) is 7.70. The third-order valence-corrected chi connectivity index (χ3v) is 4.74. The van der Waals surface area contributed by atoms with Gasteiger partial charge in [0.05, 0.1) is 26.0 Å². The number of methoxy groups -OCH3 is 1. The van der Waals surface area contributed by atoms with Crippen molar-refractivity contribution in [1.82, 2.24) is 15.0 Å². The minimum Gasteiger partial charge on any atom is -0.465 e. The summed E-state index contributed by atoms with van der Waals surface area (Å²) in [7, 11) is 4.09. The molecule has 1 aliphatic heterocycles. The van der Waals surface area contributed by atoms with E-state index < -0.39 is 38.1 Å². The highest BCUT2D eigenvalue weighted by Crippen LogP contribution is 2.46. The van der Waals surface area contributed by atoms with Gasteiger partial charge in [0.1, 0.15) is 38.4 Å². The summed E-state index contributed by atoms with van der Waals surface area (Å²) in [5.74, 6) is -0.444. The fraction of sp³-hybridized carbons (Fsp3) is 0.786. The van der Waals surface area contributed by atoms with Crippen LogP contribution >= 0.6 is 7.82 Å². The van der Waals surface area contributed by atoms with Gasteiger partial charge in [0.15, 0.2) is 0 Å². The Morgan fingerprint density at radius 3 is 2.82 bits per heavy atom. The molecule has 0 spiro atoms. The largest absolute Gasteiger partial charge is 0.472 e. The molecule has 28 heavy (non-hydrogen) atoms. The van der Waals surface area contributed by atoms with Crippen LogP contribution in [0.5, 0.6) is 0 Å². The maximum atomic E-state index is 11.8. The first-order valence-electron chi connectivity index (χ1n) is 8.42. The molecule has 1 aliphatic rings. The van der Waals surface area contributed by atoms with Crippen molar-refractivity contribution < 1.29 is 42.2 Å². The highest BCUT2D eigenvalue weighted by molar-refractivity contribution is 7.47. The summed E-state index contributed by atoms with van der Waals surface area (Å²) in [5.41, 5.74) is 0.407. The second kappa shape index (κ2) is 10.4. The lowest BCUT2D eigenvalue weighted by atomic mass is 9.93. The van der Waals surface area contributed by atoms with Crippen LogP contribution in [-0.4, -0.2) is 85.5 Å². The van der Waals surface area contributed by atoms with Crippen molar-refractivity contribution in [1.29, 1.82) is 0 Å². The molecule has 156 valence electrons. The van der Waals surface area contributed by atoms with Gasteiger partial charge in [-0.1, -0.05) is 5.21 Å². The Hall–Kier alpha value is -1.34. The van der Waals surface area contributed by atoms with Crippen LogP contribution in [-0.2, 0) is 50.5 Å². The maximum absolute atomic E-state index is 11.8. The van der Waals surface area contributed by atoms with E-state index in [2.05, 4.69) is 14.8 Å². The second-order valence-corrected chi connectivity index (χ2v) is 7.32. The van der Waals surface area contributed by atoms with Crippen molar-refractivity contribution in [3.63, 3.8) is 0 Å². The number of carbonyl (C=O) groups excluding carboxylic acids is 1. The molecule has 0 aromatic carbocycles. The zero-order chi connectivity index (χ0) is 20.7. The average Bonchev–Trinajstić information content (AvgIpc) is 3.18. The van der Waals surface area contributed by atoms with E-state index in [-0.39, 0.29) is 26.4 Å². The Morgan fingerprint density at radius 1 is 1.43 bits per heavy atom. The molecule has 1 saturated heterocycles. The lowest BCUT2D eigenvalue weighted by molar-refractivity contribution is -0.144. The molecule has 1 aromatic rings. The number of phosphoric ester groups is 1. The van der Waals surface area contributed by atoms with Crippen LogP contribution < -0.4 is 0 Å². The van der Waals surface area contributed by atoms with E-state index in [9.17, 15) is 14.3 Å². The van der Waals surface area contributed by atoms with Crippen LogP contribution in [0.25, 0.3) is 0 Å². The number of phosphoric acid groups is 1. The number of ether oxygens (including phenoxy) is 4. The molecule has 1 N–H and O–H groups in total. The molecule has 2 heterocycles. The molecule has 2 radical (unpaired) electrons. The van der Waals surface area contributed by atoms with Crippen LogP contribution in [0, 0.1) is 0 Å². The summed E-state index contributed by atoms with van der Waals surface area (Å²) < 4.78 is 43.8. The lowest BCUT2D eigenvalue weighted by Crippen LogP contribution is -2.38. The van der Waals surface area contributed by atoms with Crippen molar-refractivity contribution in [2.24, 2.45) is 0 Å². The number of hydrogen-bond acceptors (Lipinski definition) is 10. The number of nitrogens with zero attached hydrogens (tertiary/aromatic N) is 3. The van der Waals surface area contributed by atoms with Gasteiger partial charge >= 0.3 is 13.8 Å². The summed E-state index contributed by atoms with van der Waals surface area (Å²) in [6.07, 6.45) is -1.14. The topological polar surface area (TPSA) is 140 Å². The van der Waals surface area contributed by atoms with Crippen molar-refractivity contribution in [2.75, 3.05) is 27.4 Å². The third kappa shape index (κ3) is 6.34. The van der Waals surface area contributed by atoms with Crippen LogP contribution in [0.3, 0.4) is 0 Å². The summed E-state index contributed by atoms with van der Waals surface area (Å²) in [4.78, 5) is 21.1. The molecule has 14 heteroatoms. The van der Waals surface area contributed by atoms with Gasteiger partial charge < -0.3 is 23.8 Å². The number of hydrogen-bond donors (Lipinski definition) is 1. The van der Waals surface area contributed by atoms with Gasteiger partial charge in [-0.15, -0.1) is 5.10 Å². The Labute approximate surface area is 163 Å². The number of carbonyl (C=O) groups is 1. The quantitative estimate of drug-likeness (QED) is 0.279. The van der Waals surface area contributed by atoms with E-state index in [1.54, 1.807) is 6.92 Å². The fourth-order valence-corrected chi connectivity index (χ4v) is 3.22. The SMILES string of the molecule is [B][C@@H]1O[C@H](COC)C(OP(=O)(O)OC)[C@@H]1OCc1cn(CC(=O)OCC)nn1. The standard InChI is InChI=1S/C14H23BN3O9P/c1-4-24-11(19)6-18-5-9(16-17-18)7-25-13-12(27-28(20,21)23-3)10(8-22-2)26-14(13)15/h5,10,12-14H,4,6-8H2,1-3H3,(H,20,21)/t10-,12?,13+,14-/m1/s1. The maximum Gasteiger partial charge on any atom is 0.472 e. The fourth-order valence-electron chi connectivity index (χ4n) is 2.57. The molecule has 1 fully saturated rings. The van der Waals surface area contributed by atoms with Crippen molar-refractivity contribution in [3.05, 3.63) is 11.9 Å². The minimum absolute atomic E-state index is 0.0488. The first-order valence-corrected chi connectivity index (χ1v) is 9.92. The van der Waals surface area contributed by atoms with E-state index in [0.717, 1.165) is 7.11 Å². The Morgan fingerprint density at radius 2 is 2.18 bits per heavy atom. The average molecular weight is 419 g/mol. The molecule has 0 amide bonds. The zero-order valence-corrected chi connectivity index (χ0v) is 16.7. The van der Waals surface area contributed by atoms with Gasteiger partial charge in [0.25, 0.3) is 0 Å². The van der Waals surface area contributed by atoms with Gasteiger partial charge in [-0.2, -0.15) is 0 Å². The van der Waals surface area contributed by atoms with E-state index >= 15 is 0 Å². The number of aromatic nitrogens is 3. The summed E-state index contributed by atoms with van der Waals surface area (Å²) >= 11 is 0. The highest BCUT2D eigenvalue weighted by Gasteiger charge is 2.47. The molecule has 0 saturated carbocycles. The second-order valence-electron chi connectivity index (χ2n) is 5.80. The highest BCUT2D eigenvalue weighted by atomic mass is 31.2. The predicted octanol–water partition coefficient (Wildman–Crippen LogP) is -0.602. The monoisotopic (exact) mass is 419 g/mol.